The van der Waals surface area contributed by atoms with Crippen LogP contribution in [-0.4, -0.2) is 30.7 Å². The first kappa shape index (κ1) is 22.2. The van der Waals surface area contributed by atoms with Crippen LogP contribution in [0.2, 0.25) is 0 Å². The molecule has 172 valence electrons. The van der Waals surface area contributed by atoms with E-state index in [2.05, 4.69) is 5.32 Å². The van der Waals surface area contributed by atoms with Crippen molar-refractivity contribution in [1.29, 1.82) is 0 Å². The number of hydrogen-bond acceptors (Lipinski definition) is 7. The molecule has 34 heavy (non-hydrogen) atoms. The number of fused-ring (bicyclic) bond motifs is 1. The van der Waals surface area contributed by atoms with Crippen molar-refractivity contribution in [3.8, 4) is 0 Å². The van der Waals surface area contributed by atoms with E-state index in [1.165, 1.54) is 31.4 Å². The number of anilines is 1. The summed E-state index contributed by atoms with van der Waals surface area (Å²) in [5.41, 5.74) is -0.287. The van der Waals surface area contributed by atoms with Gasteiger partial charge in [-0.25, -0.2) is 9.69 Å². The molecule has 0 radical (unpaired) electrons. The van der Waals surface area contributed by atoms with Gasteiger partial charge in [0, 0.05) is 10.4 Å². The normalized spacial score (nSPS) is 25.9. The van der Waals surface area contributed by atoms with E-state index in [-0.39, 0.29) is 5.78 Å². The number of esters is 1. The van der Waals surface area contributed by atoms with Crippen molar-refractivity contribution in [3.05, 3.63) is 88.1 Å². The predicted molar refractivity (Wildman–Crippen MR) is 126 cm³/mol. The summed E-state index contributed by atoms with van der Waals surface area (Å²) in [7, 11) is 1.28. The second-order valence-electron chi connectivity index (χ2n) is 8.42. The second-order valence-corrected chi connectivity index (χ2v) is 9.40. The number of carbonyl (C=O) groups is 4. The molecule has 7 nitrogen and oxygen atoms in total. The third kappa shape index (κ3) is 3.13. The number of nitrogens with zero attached hydrogens (tertiary/aromatic N) is 1. The molecule has 2 saturated heterocycles. The largest absolute Gasteiger partial charge is 0.467 e. The molecular formula is C26H22N2O5S. The molecule has 5 rings (SSSR count). The van der Waals surface area contributed by atoms with E-state index in [0.29, 0.717) is 16.8 Å². The molecule has 0 aliphatic carbocycles. The van der Waals surface area contributed by atoms with Crippen molar-refractivity contribution < 1.29 is 23.9 Å². The lowest BCUT2D eigenvalue weighted by atomic mass is 9.75. The van der Waals surface area contributed by atoms with Gasteiger partial charge < -0.3 is 4.74 Å². The summed E-state index contributed by atoms with van der Waals surface area (Å²) in [5.74, 6) is -3.57. The van der Waals surface area contributed by atoms with Crippen LogP contribution in [0.1, 0.15) is 33.8 Å². The van der Waals surface area contributed by atoms with Crippen LogP contribution in [0.5, 0.6) is 0 Å². The van der Waals surface area contributed by atoms with E-state index < -0.39 is 41.2 Å². The molecule has 1 aromatic heterocycles. The molecular weight excluding hydrogens is 452 g/mol. The van der Waals surface area contributed by atoms with Gasteiger partial charge in [-0.05, 0) is 36.1 Å². The van der Waals surface area contributed by atoms with E-state index in [9.17, 15) is 19.2 Å². The number of ether oxygens (including phenoxy) is 1. The van der Waals surface area contributed by atoms with E-state index >= 15 is 0 Å². The number of methoxy groups -OCH3 is 1. The number of carbonyl (C=O) groups excluding carboxylic acids is 4. The molecule has 2 aliphatic rings. The molecule has 8 heteroatoms. The topological polar surface area (TPSA) is 92.8 Å². The van der Waals surface area contributed by atoms with Gasteiger partial charge in [0.1, 0.15) is 0 Å². The zero-order valence-corrected chi connectivity index (χ0v) is 19.4. The third-order valence-corrected chi connectivity index (χ3v) is 7.61. The van der Waals surface area contributed by atoms with Crippen molar-refractivity contribution in [2.24, 2.45) is 11.8 Å². The molecule has 0 spiro atoms. The summed E-state index contributed by atoms with van der Waals surface area (Å²) in [6.45, 7) is 1.43. The maximum atomic E-state index is 14.0. The zero-order valence-electron chi connectivity index (χ0n) is 18.6. The fourth-order valence-electron chi connectivity index (χ4n) is 5.17. The summed E-state index contributed by atoms with van der Waals surface area (Å²) in [5, 5.41) is 5.24. The highest BCUT2D eigenvalue weighted by atomic mass is 32.1. The molecule has 4 atom stereocenters. The number of Topliss-reactive ketones (excluding diaryl/α,β-unsaturated/α-hetero) is 1. The first-order valence-corrected chi connectivity index (χ1v) is 11.7. The Labute approximate surface area is 200 Å². The Bertz CT molecular complexity index is 1290. The van der Waals surface area contributed by atoms with Crippen LogP contribution in [0.15, 0.2) is 72.1 Å². The summed E-state index contributed by atoms with van der Waals surface area (Å²) >= 11 is 1.45. The van der Waals surface area contributed by atoms with Crippen molar-refractivity contribution in [2.75, 3.05) is 12.0 Å². The highest BCUT2D eigenvalue weighted by Gasteiger charge is 2.69. The van der Waals surface area contributed by atoms with Crippen molar-refractivity contribution in [1.82, 2.24) is 5.32 Å². The van der Waals surface area contributed by atoms with Gasteiger partial charge in [-0.1, -0.05) is 48.5 Å². The van der Waals surface area contributed by atoms with Gasteiger partial charge >= 0.3 is 5.97 Å². The molecule has 0 saturated carbocycles. The number of imide groups is 1. The van der Waals surface area contributed by atoms with Gasteiger partial charge in [0.05, 0.1) is 30.7 Å². The van der Waals surface area contributed by atoms with E-state index in [1.54, 1.807) is 42.5 Å². The lowest BCUT2D eigenvalue weighted by Gasteiger charge is -2.32. The first-order valence-electron chi connectivity index (χ1n) is 10.8. The van der Waals surface area contributed by atoms with Crippen LogP contribution in [0.25, 0.3) is 0 Å². The lowest BCUT2D eigenvalue weighted by molar-refractivity contribution is -0.152. The van der Waals surface area contributed by atoms with E-state index in [4.69, 9.17) is 4.74 Å². The monoisotopic (exact) mass is 474 g/mol. The molecule has 0 unspecified atom stereocenters. The van der Waals surface area contributed by atoms with Crippen LogP contribution < -0.4 is 10.2 Å². The zero-order chi connectivity index (χ0) is 24.0. The van der Waals surface area contributed by atoms with Gasteiger partial charge in [0.2, 0.25) is 11.8 Å². The standard InChI is InChI=1S/C26H22N2O5S/c1-15(29)16-8-6-11-18(14-16)28-23(30)20-21(24(28)31)26(25(32)33-2,17-9-4-3-5-10-17)27-22(20)19-12-7-13-34-19/h3-14,20-22,27H,1-2H3/t20-,21+,22-,26-/m1/s1. The summed E-state index contributed by atoms with van der Waals surface area (Å²) in [6, 6.07) is 18.5. The van der Waals surface area contributed by atoms with Crippen LogP contribution in [0, 0.1) is 11.8 Å². The van der Waals surface area contributed by atoms with Gasteiger partial charge in [-0.15, -0.1) is 11.3 Å². The third-order valence-electron chi connectivity index (χ3n) is 6.66. The van der Waals surface area contributed by atoms with Gasteiger partial charge in [0.25, 0.3) is 0 Å². The minimum Gasteiger partial charge on any atom is -0.467 e. The lowest BCUT2D eigenvalue weighted by Crippen LogP contribution is -2.53. The Morgan fingerprint density at radius 3 is 2.41 bits per heavy atom. The predicted octanol–water partition coefficient (Wildman–Crippen LogP) is 3.47. The van der Waals surface area contributed by atoms with Crippen LogP contribution in [0.3, 0.4) is 0 Å². The molecule has 2 amide bonds. The first-order chi connectivity index (χ1) is 16.4. The molecule has 2 aliphatic heterocycles. The van der Waals surface area contributed by atoms with Gasteiger partial charge in [-0.3, -0.25) is 19.7 Å². The smallest absolute Gasteiger partial charge is 0.331 e. The molecule has 2 fully saturated rings. The quantitative estimate of drug-likeness (QED) is 0.346. The Hall–Kier alpha value is -3.62. The molecule has 0 bridgehead atoms. The Kier molecular flexibility index (Phi) is 5.42. The van der Waals surface area contributed by atoms with Crippen molar-refractivity contribution in [2.45, 2.75) is 18.5 Å². The van der Waals surface area contributed by atoms with E-state index in [0.717, 1.165) is 9.78 Å². The van der Waals surface area contributed by atoms with E-state index in [1.807, 2.05) is 23.6 Å². The fraction of sp³-hybridized carbons (Fsp3) is 0.231. The highest BCUT2D eigenvalue weighted by Crippen LogP contribution is 2.54. The van der Waals surface area contributed by atoms with Crippen molar-refractivity contribution in [3.63, 3.8) is 0 Å². The minimum atomic E-state index is -1.55. The van der Waals surface area contributed by atoms with Gasteiger partial charge in [-0.2, -0.15) is 0 Å². The average Bonchev–Trinajstić information content (AvgIpc) is 3.56. The Morgan fingerprint density at radius 1 is 1.00 bits per heavy atom. The number of benzene rings is 2. The number of rotatable bonds is 5. The van der Waals surface area contributed by atoms with Crippen LogP contribution >= 0.6 is 11.3 Å². The molecule has 3 aromatic rings. The maximum absolute atomic E-state index is 14.0. The number of ketones is 1. The van der Waals surface area contributed by atoms with Crippen molar-refractivity contribution >= 4 is 40.6 Å². The van der Waals surface area contributed by atoms with Crippen LogP contribution in [-0.2, 0) is 24.7 Å². The molecule has 3 heterocycles. The second kappa shape index (κ2) is 8.30. The maximum Gasteiger partial charge on any atom is 0.331 e. The molecule has 1 N–H and O–H groups in total. The Morgan fingerprint density at radius 2 is 1.76 bits per heavy atom. The number of hydrogen-bond donors (Lipinski definition) is 1. The SMILES string of the molecule is COC(=O)[C@]1(c2ccccc2)N[C@H](c2cccs2)[C@@H]2C(=O)N(c3cccc(C(C)=O)c3)C(=O)[C@H]21. The fourth-order valence-corrected chi connectivity index (χ4v) is 5.99. The molecule has 2 aromatic carbocycles. The van der Waals surface area contributed by atoms with Gasteiger partial charge in [0.15, 0.2) is 11.3 Å². The Balaban J connectivity index is 1.71. The summed E-state index contributed by atoms with van der Waals surface area (Å²) in [4.78, 5) is 55.1. The minimum absolute atomic E-state index is 0.174. The summed E-state index contributed by atoms with van der Waals surface area (Å²) < 4.78 is 5.22. The number of thiophene rings is 1. The number of nitrogens with one attached hydrogen (secondary N) is 1. The highest BCUT2D eigenvalue weighted by molar-refractivity contribution is 7.10. The summed E-state index contributed by atoms with van der Waals surface area (Å²) in [6.07, 6.45) is 0. The van der Waals surface area contributed by atoms with Crippen LogP contribution in [0.4, 0.5) is 5.69 Å². The number of amides is 2. The average molecular weight is 475 g/mol.